The van der Waals surface area contributed by atoms with Crippen molar-refractivity contribution >= 4 is 5.96 Å². The van der Waals surface area contributed by atoms with Gasteiger partial charge < -0.3 is 9.80 Å². The zero-order valence-corrected chi connectivity index (χ0v) is 14.3. The Labute approximate surface area is 140 Å². The molecule has 0 amide bonds. The number of rotatable bonds is 4. The van der Waals surface area contributed by atoms with Gasteiger partial charge >= 0.3 is 0 Å². The van der Waals surface area contributed by atoms with E-state index in [4.69, 9.17) is 4.99 Å². The summed E-state index contributed by atoms with van der Waals surface area (Å²) in [5.41, 5.74) is 1.45. The van der Waals surface area contributed by atoms with Gasteiger partial charge in [0.2, 0.25) is 0 Å². The van der Waals surface area contributed by atoms with Gasteiger partial charge in [-0.2, -0.15) is 0 Å². The molecule has 1 saturated heterocycles. The third-order valence-electron chi connectivity index (χ3n) is 6.03. The third-order valence-corrected chi connectivity index (χ3v) is 6.03. The second-order valence-electron chi connectivity index (χ2n) is 7.39. The number of hydrogen-bond donors (Lipinski definition) is 0. The van der Waals surface area contributed by atoms with Crippen molar-refractivity contribution in [2.24, 2.45) is 10.9 Å². The average molecular weight is 311 g/mol. The van der Waals surface area contributed by atoms with Gasteiger partial charge in [0.1, 0.15) is 0 Å². The molecule has 2 aliphatic heterocycles. The lowest BCUT2D eigenvalue weighted by atomic mass is 9.83. The van der Waals surface area contributed by atoms with E-state index < -0.39 is 0 Å². The van der Waals surface area contributed by atoms with Gasteiger partial charge in [-0.3, -0.25) is 4.99 Å². The number of hydrogen-bond acceptors (Lipinski definition) is 3. The molecular weight excluding hydrogens is 282 g/mol. The maximum Gasteiger partial charge on any atom is 0.197 e. The van der Waals surface area contributed by atoms with Gasteiger partial charge in [0.05, 0.1) is 18.6 Å². The molecule has 2 atom stereocenters. The average Bonchev–Trinajstić information content (AvgIpc) is 3.15. The largest absolute Gasteiger partial charge is 0.338 e. The molecule has 3 heteroatoms. The second kappa shape index (κ2) is 6.54. The first-order chi connectivity index (χ1) is 11.4. The Balaban J connectivity index is 1.48. The highest BCUT2D eigenvalue weighted by molar-refractivity contribution is 5.84. The van der Waals surface area contributed by atoms with E-state index in [1.807, 2.05) is 0 Å². The molecule has 0 unspecified atom stereocenters. The summed E-state index contributed by atoms with van der Waals surface area (Å²) in [5.74, 6) is 2.17. The molecule has 0 bridgehead atoms. The SMILES string of the molecule is CCN1C2=NC[C@@H](C3CCCCC3)N2C[C@@H]1Cc1ccccc1. The van der Waals surface area contributed by atoms with Gasteiger partial charge in [0, 0.05) is 13.1 Å². The fraction of sp³-hybridized carbons (Fsp3) is 0.650. The van der Waals surface area contributed by atoms with Crippen molar-refractivity contribution in [3.8, 4) is 0 Å². The molecule has 2 fully saturated rings. The lowest BCUT2D eigenvalue weighted by molar-refractivity contribution is 0.206. The van der Waals surface area contributed by atoms with Gasteiger partial charge in [-0.05, 0) is 37.7 Å². The fourth-order valence-electron chi connectivity index (χ4n) is 4.86. The monoisotopic (exact) mass is 311 g/mol. The molecule has 0 aromatic heterocycles. The molecule has 2 heterocycles. The minimum atomic E-state index is 0.590. The quantitative estimate of drug-likeness (QED) is 0.847. The lowest BCUT2D eigenvalue weighted by Crippen LogP contribution is -2.41. The van der Waals surface area contributed by atoms with Crippen LogP contribution >= 0.6 is 0 Å². The molecule has 1 saturated carbocycles. The molecule has 124 valence electrons. The van der Waals surface area contributed by atoms with Crippen molar-refractivity contribution in [1.82, 2.24) is 9.80 Å². The lowest BCUT2D eigenvalue weighted by Gasteiger charge is -2.32. The maximum atomic E-state index is 4.97. The summed E-state index contributed by atoms with van der Waals surface area (Å²) in [5, 5.41) is 0. The van der Waals surface area contributed by atoms with Crippen molar-refractivity contribution in [2.75, 3.05) is 19.6 Å². The topological polar surface area (TPSA) is 18.8 Å². The minimum absolute atomic E-state index is 0.590. The highest BCUT2D eigenvalue weighted by Crippen LogP contribution is 2.35. The van der Waals surface area contributed by atoms with E-state index in [0.717, 1.165) is 25.4 Å². The molecule has 3 nitrogen and oxygen atoms in total. The van der Waals surface area contributed by atoms with E-state index in [0.29, 0.717) is 12.1 Å². The van der Waals surface area contributed by atoms with Crippen molar-refractivity contribution in [3.05, 3.63) is 35.9 Å². The first kappa shape index (κ1) is 15.0. The highest BCUT2D eigenvalue weighted by atomic mass is 15.5. The number of guanidine groups is 1. The van der Waals surface area contributed by atoms with Crippen LogP contribution in [-0.4, -0.2) is 47.5 Å². The van der Waals surface area contributed by atoms with E-state index in [1.54, 1.807) is 0 Å². The van der Waals surface area contributed by atoms with Crippen molar-refractivity contribution in [3.63, 3.8) is 0 Å². The summed E-state index contributed by atoms with van der Waals surface area (Å²) in [6.45, 7) is 5.56. The van der Waals surface area contributed by atoms with Crippen LogP contribution < -0.4 is 0 Å². The number of fused-ring (bicyclic) bond motifs is 1. The van der Waals surface area contributed by atoms with Crippen LogP contribution in [0.5, 0.6) is 0 Å². The van der Waals surface area contributed by atoms with E-state index in [9.17, 15) is 0 Å². The van der Waals surface area contributed by atoms with Gasteiger partial charge in [-0.1, -0.05) is 49.6 Å². The Hall–Kier alpha value is -1.51. The van der Waals surface area contributed by atoms with E-state index >= 15 is 0 Å². The molecular formula is C20H29N3. The second-order valence-corrected chi connectivity index (χ2v) is 7.39. The third kappa shape index (κ3) is 2.86. The van der Waals surface area contributed by atoms with Crippen molar-refractivity contribution in [1.29, 1.82) is 0 Å². The van der Waals surface area contributed by atoms with Gasteiger partial charge in [-0.25, -0.2) is 0 Å². The highest BCUT2D eigenvalue weighted by Gasteiger charge is 2.43. The number of likely N-dealkylation sites (N-methyl/N-ethyl adjacent to an activating group) is 1. The van der Waals surface area contributed by atoms with Crippen LogP contribution in [0.2, 0.25) is 0 Å². The molecule has 4 rings (SSSR count). The number of benzene rings is 1. The number of aliphatic imine (C=N–C) groups is 1. The van der Waals surface area contributed by atoms with E-state index in [-0.39, 0.29) is 0 Å². The smallest absolute Gasteiger partial charge is 0.197 e. The van der Waals surface area contributed by atoms with Crippen LogP contribution in [0.3, 0.4) is 0 Å². The first-order valence-corrected chi connectivity index (χ1v) is 9.48. The summed E-state index contributed by atoms with van der Waals surface area (Å²) in [4.78, 5) is 10.2. The van der Waals surface area contributed by atoms with Crippen LogP contribution in [0.1, 0.15) is 44.6 Å². The first-order valence-electron chi connectivity index (χ1n) is 9.48. The predicted octanol–water partition coefficient (Wildman–Crippen LogP) is 3.55. The van der Waals surface area contributed by atoms with E-state index in [1.165, 1.54) is 50.2 Å². The molecule has 23 heavy (non-hydrogen) atoms. The zero-order valence-electron chi connectivity index (χ0n) is 14.3. The minimum Gasteiger partial charge on any atom is -0.338 e. The maximum absolute atomic E-state index is 4.97. The van der Waals surface area contributed by atoms with Crippen LogP contribution in [0.4, 0.5) is 0 Å². The van der Waals surface area contributed by atoms with Crippen LogP contribution in [0.15, 0.2) is 35.3 Å². The van der Waals surface area contributed by atoms with Crippen LogP contribution in [0.25, 0.3) is 0 Å². The van der Waals surface area contributed by atoms with Crippen LogP contribution in [-0.2, 0) is 6.42 Å². The van der Waals surface area contributed by atoms with Gasteiger partial charge in [0.25, 0.3) is 0 Å². The van der Waals surface area contributed by atoms with E-state index in [2.05, 4.69) is 47.1 Å². The summed E-state index contributed by atoms with van der Waals surface area (Å²) < 4.78 is 0. The Bertz CT molecular complexity index is 547. The molecule has 0 radical (unpaired) electrons. The van der Waals surface area contributed by atoms with Crippen molar-refractivity contribution < 1.29 is 0 Å². The van der Waals surface area contributed by atoms with Gasteiger partial charge in [-0.15, -0.1) is 0 Å². The molecule has 1 aromatic carbocycles. The Morgan fingerprint density at radius 1 is 1.09 bits per heavy atom. The summed E-state index contributed by atoms with van der Waals surface area (Å²) in [6, 6.07) is 12.2. The summed E-state index contributed by atoms with van der Waals surface area (Å²) >= 11 is 0. The summed E-state index contributed by atoms with van der Waals surface area (Å²) in [7, 11) is 0. The number of nitrogens with zero attached hydrogens (tertiary/aromatic N) is 3. The molecule has 0 N–H and O–H groups in total. The standard InChI is InChI=1S/C20H29N3/c1-2-22-18(13-16-9-5-3-6-10-16)15-23-19(14-21-20(22)23)17-11-7-4-8-12-17/h3,5-6,9-10,17-19H,2,4,7-8,11-15H2,1H3/t18-,19-/m0/s1. The molecule has 1 aliphatic carbocycles. The van der Waals surface area contributed by atoms with Gasteiger partial charge in [0.15, 0.2) is 5.96 Å². The Morgan fingerprint density at radius 2 is 1.87 bits per heavy atom. The zero-order chi connectivity index (χ0) is 15.6. The normalized spacial score (nSPS) is 28.1. The fourth-order valence-corrected chi connectivity index (χ4v) is 4.86. The van der Waals surface area contributed by atoms with Crippen molar-refractivity contribution in [2.45, 2.75) is 57.5 Å². The predicted molar refractivity (Wildman–Crippen MR) is 95.7 cm³/mol. The summed E-state index contributed by atoms with van der Waals surface area (Å²) in [6.07, 6.45) is 8.26. The molecule has 1 aromatic rings. The Kier molecular flexibility index (Phi) is 4.28. The molecule has 3 aliphatic rings. The van der Waals surface area contributed by atoms with Crippen LogP contribution in [0, 0.1) is 5.92 Å². The molecule has 0 spiro atoms. The Morgan fingerprint density at radius 3 is 2.61 bits per heavy atom.